The Morgan fingerprint density at radius 3 is 2.83 bits per heavy atom. The third kappa shape index (κ3) is 6.40. The SMILES string of the molecule is Cc1cc(NC(=O)CCCl)ccc1SOO[O-].[Na+]. The van der Waals surface area contributed by atoms with Gasteiger partial charge in [-0.25, -0.2) is 0 Å². The van der Waals surface area contributed by atoms with Crippen LogP contribution in [0.3, 0.4) is 0 Å². The van der Waals surface area contributed by atoms with E-state index < -0.39 is 0 Å². The van der Waals surface area contributed by atoms with Crippen LogP contribution in [0.1, 0.15) is 12.0 Å². The quantitative estimate of drug-likeness (QED) is 0.235. The molecule has 0 aromatic heterocycles. The van der Waals surface area contributed by atoms with Crippen LogP contribution in [0.5, 0.6) is 0 Å². The van der Waals surface area contributed by atoms with E-state index in [1.54, 1.807) is 18.2 Å². The van der Waals surface area contributed by atoms with Gasteiger partial charge in [-0.2, -0.15) is 4.33 Å². The van der Waals surface area contributed by atoms with Gasteiger partial charge in [0, 0.05) is 22.9 Å². The second-order valence-corrected chi connectivity index (χ2v) is 4.31. The molecular formula is C10H11ClNNaO4S. The van der Waals surface area contributed by atoms with E-state index in [4.69, 9.17) is 11.6 Å². The molecule has 1 aromatic rings. The molecular weight excluding hydrogens is 289 g/mol. The van der Waals surface area contributed by atoms with Crippen molar-refractivity contribution >= 4 is 35.2 Å². The third-order valence-electron chi connectivity index (χ3n) is 1.93. The molecule has 0 radical (unpaired) electrons. The van der Waals surface area contributed by atoms with E-state index in [1.165, 1.54) is 0 Å². The monoisotopic (exact) mass is 299 g/mol. The minimum absolute atomic E-state index is 0. The molecule has 0 heterocycles. The molecule has 1 amide bonds. The van der Waals surface area contributed by atoms with Crippen LogP contribution in [0.25, 0.3) is 0 Å². The molecule has 0 atom stereocenters. The van der Waals surface area contributed by atoms with E-state index >= 15 is 0 Å². The number of benzene rings is 1. The molecule has 18 heavy (non-hydrogen) atoms. The van der Waals surface area contributed by atoms with Crippen molar-refractivity contribution in [2.24, 2.45) is 0 Å². The van der Waals surface area contributed by atoms with Gasteiger partial charge >= 0.3 is 29.6 Å². The summed E-state index contributed by atoms with van der Waals surface area (Å²) in [5.74, 6) is 0.145. The van der Waals surface area contributed by atoms with E-state index in [9.17, 15) is 10.1 Å². The number of aryl methyl sites for hydroxylation is 1. The summed E-state index contributed by atoms with van der Waals surface area (Å²) in [4.78, 5) is 12.0. The molecule has 8 heteroatoms. The van der Waals surface area contributed by atoms with E-state index in [2.05, 4.69) is 14.7 Å². The van der Waals surface area contributed by atoms with Gasteiger partial charge in [-0.3, -0.25) is 9.83 Å². The molecule has 1 aromatic carbocycles. The molecule has 0 unspecified atom stereocenters. The van der Waals surface area contributed by atoms with Crippen molar-refractivity contribution in [1.82, 2.24) is 0 Å². The minimum Gasteiger partial charge on any atom is -0.691 e. The first kappa shape index (κ1) is 18.2. The van der Waals surface area contributed by atoms with Gasteiger partial charge in [-0.1, -0.05) is 0 Å². The van der Waals surface area contributed by atoms with E-state index in [0.29, 0.717) is 5.69 Å². The van der Waals surface area contributed by atoms with Crippen molar-refractivity contribution < 1.29 is 49.0 Å². The average Bonchev–Trinajstić information content (AvgIpc) is 2.28. The molecule has 1 N–H and O–H groups in total. The van der Waals surface area contributed by atoms with Gasteiger partial charge in [0.15, 0.2) is 0 Å². The maximum atomic E-state index is 11.3. The number of hydrogen-bond acceptors (Lipinski definition) is 5. The number of anilines is 1. The van der Waals surface area contributed by atoms with Crippen molar-refractivity contribution in [2.75, 3.05) is 11.2 Å². The molecule has 5 nitrogen and oxygen atoms in total. The Morgan fingerprint density at radius 1 is 1.56 bits per heavy atom. The van der Waals surface area contributed by atoms with Gasteiger partial charge in [0.2, 0.25) is 5.91 Å². The topological polar surface area (TPSA) is 70.6 Å². The minimum atomic E-state index is -0.140. The summed E-state index contributed by atoms with van der Waals surface area (Å²) >= 11 is 6.27. The Labute approximate surface area is 137 Å². The second kappa shape index (κ2) is 10.1. The third-order valence-corrected chi connectivity index (χ3v) is 2.88. The molecule has 0 bridgehead atoms. The Hall–Kier alpha value is 0.210. The first-order valence-electron chi connectivity index (χ1n) is 4.77. The maximum absolute atomic E-state index is 11.3. The zero-order valence-corrected chi connectivity index (χ0v) is 13.6. The number of nitrogens with one attached hydrogen (secondary N) is 1. The summed E-state index contributed by atoms with van der Waals surface area (Å²) in [6, 6.07) is 5.19. The zero-order valence-electron chi connectivity index (χ0n) is 10.1. The van der Waals surface area contributed by atoms with Crippen LogP contribution in [-0.2, 0) is 14.2 Å². The smallest absolute Gasteiger partial charge is 0.691 e. The predicted molar refractivity (Wildman–Crippen MR) is 63.2 cm³/mol. The Morgan fingerprint density at radius 2 is 2.28 bits per heavy atom. The van der Waals surface area contributed by atoms with Gasteiger partial charge in [0.1, 0.15) is 0 Å². The summed E-state index contributed by atoms with van der Waals surface area (Å²) < 4.78 is 4.22. The second-order valence-electron chi connectivity index (χ2n) is 3.19. The van der Waals surface area contributed by atoms with Gasteiger partial charge < -0.3 is 10.6 Å². The van der Waals surface area contributed by atoms with Crippen LogP contribution in [0.4, 0.5) is 5.69 Å². The molecule has 0 aliphatic heterocycles. The van der Waals surface area contributed by atoms with Crippen molar-refractivity contribution in [3.63, 3.8) is 0 Å². The largest absolute Gasteiger partial charge is 1.00 e. The number of carbonyl (C=O) groups excluding carboxylic acids is 1. The summed E-state index contributed by atoms with van der Waals surface area (Å²) in [6.45, 7) is 1.83. The summed E-state index contributed by atoms with van der Waals surface area (Å²) in [7, 11) is 0. The van der Waals surface area contributed by atoms with E-state index in [0.717, 1.165) is 22.5 Å². The van der Waals surface area contributed by atoms with Crippen molar-refractivity contribution in [1.29, 1.82) is 0 Å². The van der Waals surface area contributed by atoms with Crippen LogP contribution >= 0.6 is 23.6 Å². The Bertz CT molecular complexity index is 394. The Balaban J connectivity index is 0.00000289. The molecule has 1 rings (SSSR count). The van der Waals surface area contributed by atoms with Gasteiger partial charge in [-0.05, 0) is 30.7 Å². The first-order valence-corrected chi connectivity index (χ1v) is 6.04. The number of carbonyl (C=O) groups is 1. The molecule has 0 aliphatic carbocycles. The molecule has 94 valence electrons. The fraction of sp³-hybridized carbons (Fsp3) is 0.300. The van der Waals surface area contributed by atoms with Gasteiger partial charge in [-0.15, -0.1) is 11.6 Å². The summed E-state index contributed by atoms with van der Waals surface area (Å²) in [5, 5.41) is 15.6. The number of hydrogen-bond donors (Lipinski definition) is 1. The van der Waals surface area contributed by atoms with Crippen LogP contribution in [-0.4, -0.2) is 11.8 Å². The number of alkyl halides is 1. The molecule has 0 aliphatic rings. The molecule has 0 spiro atoms. The first-order chi connectivity index (χ1) is 8.17. The standard InChI is InChI=1S/C10H12ClNO4S.Na/c1-7-6-8(12-10(13)4-5-11)2-3-9(7)17-16-15-14;/h2-3,6,14H,4-5H2,1H3,(H,12,13);/q;+1/p-1. The normalized spacial score (nSPS) is 9.72. The molecule has 0 fully saturated rings. The predicted octanol–water partition coefficient (Wildman–Crippen LogP) is -1.20. The van der Waals surface area contributed by atoms with Crippen LogP contribution in [0.15, 0.2) is 23.1 Å². The van der Waals surface area contributed by atoms with Crippen LogP contribution in [0, 0.1) is 6.92 Å². The number of halogens is 1. The fourth-order valence-electron chi connectivity index (χ4n) is 1.18. The Kier molecular flexibility index (Phi) is 10.2. The fourth-order valence-corrected chi connectivity index (χ4v) is 1.77. The van der Waals surface area contributed by atoms with Gasteiger partial charge in [0.05, 0.1) is 12.0 Å². The zero-order chi connectivity index (χ0) is 12.7. The van der Waals surface area contributed by atoms with Crippen molar-refractivity contribution in [2.45, 2.75) is 18.2 Å². The van der Waals surface area contributed by atoms with Crippen molar-refractivity contribution in [3.05, 3.63) is 23.8 Å². The van der Waals surface area contributed by atoms with Crippen molar-refractivity contribution in [3.8, 4) is 0 Å². The van der Waals surface area contributed by atoms with Gasteiger partial charge in [0.25, 0.3) is 0 Å². The van der Waals surface area contributed by atoms with Crippen LogP contribution < -0.4 is 40.1 Å². The van der Waals surface area contributed by atoms with E-state index in [1.807, 2.05) is 6.92 Å². The molecule has 0 saturated carbocycles. The average molecular weight is 300 g/mol. The number of amides is 1. The maximum Gasteiger partial charge on any atom is 1.00 e. The summed E-state index contributed by atoms with van der Waals surface area (Å²) in [6.07, 6.45) is 0.268. The number of rotatable bonds is 6. The molecule has 0 saturated heterocycles. The van der Waals surface area contributed by atoms with Crippen LogP contribution in [0.2, 0.25) is 0 Å². The summed E-state index contributed by atoms with van der Waals surface area (Å²) in [5.41, 5.74) is 1.53. The van der Waals surface area contributed by atoms with E-state index in [-0.39, 0.29) is 47.8 Å².